The molecule has 0 amide bonds. The highest BCUT2D eigenvalue weighted by molar-refractivity contribution is 7.09. The molecule has 0 radical (unpaired) electrons. The molecule has 2 rings (SSSR count). The van der Waals surface area contributed by atoms with E-state index < -0.39 is 0 Å². The standard InChI is InChI=1S/C15H19NO2S/c1-11(16)15(18-10-14-7-4-8-19-14)12-5-3-6-13(9-12)17-2/h3-9,11,15H,10,16H2,1-2H3. The minimum absolute atomic E-state index is 0.0768. The molecule has 0 aliphatic carbocycles. The third kappa shape index (κ3) is 3.80. The first-order valence-electron chi connectivity index (χ1n) is 6.24. The van der Waals surface area contributed by atoms with E-state index in [1.165, 1.54) is 4.88 Å². The molecule has 19 heavy (non-hydrogen) atoms. The number of methoxy groups -OCH3 is 1. The van der Waals surface area contributed by atoms with Crippen molar-refractivity contribution in [1.29, 1.82) is 0 Å². The summed E-state index contributed by atoms with van der Waals surface area (Å²) in [5.41, 5.74) is 7.08. The molecule has 0 spiro atoms. The van der Waals surface area contributed by atoms with Crippen LogP contribution in [0.15, 0.2) is 41.8 Å². The van der Waals surface area contributed by atoms with Gasteiger partial charge in [-0.25, -0.2) is 0 Å². The maximum absolute atomic E-state index is 6.04. The van der Waals surface area contributed by atoms with Crippen molar-refractivity contribution in [3.8, 4) is 5.75 Å². The molecule has 0 bridgehead atoms. The third-order valence-corrected chi connectivity index (χ3v) is 3.74. The lowest BCUT2D eigenvalue weighted by atomic mass is 10.0. The smallest absolute Gasteiger partial charge is 0.119 e. The fraction of sp³-hybridized carbons (Fsp3) is 0.333. The summed E-state index contributed by atoms with van der Waals surface area (Å²) >= 11 is 1.69. The Morgan fingerprint density at radius 1 is 1.26 bits per heavy atom. The van der Waals surface area contributed by atoms with Gasteiger partial charge in [0.1, 0.15) is 5.75 Å². The first kappa shape index (κ1) is 14.1. The highest BCUT2D eigenvalue weighted by Gasteiger charge is 2.17. The van der Waals surface area contributed by atoms with Gasteiger partial charge in [0, 0.05) is 10.9 Å². The zero-order valence-electron chi connectivity index (χ0n) is 11.2. The molecule has 0 fully saturated rings. The topological polar surface area (TPSA) is 44.5 Å². The summed E-state index contributed by atoms with van der Waals surface area (Å²) < 4.78 is 11.2. The summed E-state index contributed by atoms with van der Waals surface area (Å²) in [7, 11) is 1.66. The zero-order chi connectivity index (χ0) is 13.7. The van der Waals surface area contributed by atoms with E-state index in [0.29, 0.717) is 6.61 Å². The predicted octanol–water partition coefficient (Wildman–Crippen LogP) is 3.36. The van der Waals surface area contributed by atoms with Crippen molar-refractivity contribution in [3.63, 3.8) is 0 Å². The molecule has 0 saturated heterocycles. The lowest BCUT2D eigenvalue weighted by molar-refractivity contribution is 0.0272. The summed E-state index contributed by atoms with van der Waals surface area (Å²) in [6.07, 6.45) is -0.128. The van der Waals surface area contributed by atoms with E-state index in [4.69, 9.17) is 15.2 Å². The van der Waals surface area contributed by atoms with Crippen LogP contribution >= 0.6 is 11.3 Å². The molecule has 1 heterocycles. The van der Waals surface area contributed by atoms with E-state index >= 15 is 0 Å². The summed E-state index contributed by atoms with van der Waals surface area (Å²) in [6, 6.07) is 11.9. The Bertz CT molecular complexity index is 497. The van der Waals surface area contributed by atoms with Gasteiger partial charge < -0.3 is 15.2 Å². The lowest BCUT2D eigenvalue weighted by Crippen LogP contribution is -2.26. The van der Waals surface area contributed by atoms with Crippen LogP contribution < -0.4 is 10.5 Å². The molecule has 2 N–H and O–H groups in total. The van der Waals surface area contributed by atoms with Gasteiger partial charge in [-0.2, -0.15) is 0 Å². The Morgan fingerprint density at radius 3 is 2.74 bits per heavy atom. The van der Waals surface area contributed by atoms with Crippen LogP contribution in [0.3, 0.4) is 0 Å². The SMILES string of the molecule is COc1cccc(C(OCc2cccs2)C(C)N)c1. The van der Waals surface area contributed by atoms with Crippen molar-refractivity contribution in [1.82, 2.24) is 0 Å². The van der Waals surface area contributed by atoms with Crippen LogP contribution in [0.2, 0.25) is 0 Å². The average molecular weight is 277 g/mol. The summed E-state index contributed by atoms with van der Waals surface area (Å²) in [5.74, 6) is 0.822. The number of rotatable bonds is 6. The highest BCUT2D eigenvalue weighted by Crippen LogP contribution is 2.26. The zero-order valence-corrected chi connectivity index (χ0v) is 12.0. The van der Waals surface area contributed by atoms with E-state index in [0.717, 1.165) is 11.3 Å². The number of hydrogen-bond donors (Lipinski definition) is 1. The number of benzene rings is 1. The monoisotopic (exact) mass is 277 g/mol. The molecule has 3 nitrogen and oxygen atoms in total. The van der Waals surface area contributed by atoms with Crippen molar-refractivity contribution in [2.45, 2.75) is 25.7 Å². The number of hydrogen-bond acceptors (Lipinski definition) is 4. The number of thiophene rings is 1. The highest BCUT2D eigenvalue weighted by atomic mass is 32.1. The lowest BCUT2D eigenvalue weighted by Gasteiger charge is -2.22. The molecule has 1 aromatic heterocycles. The first-order valence-corrected chi connectivity index (χ1v) is 7.12. The summed E-state index contributed by atoms with van der Waals surface area (Å²) in [5, 5.41) is 2.05. The fourth-order valence-electron chi connectivity index (χ4n) is 1.94. The van der Waals surface area contributed by atoms with Crippen LogP contribution in [0.25, 0.3) is 0 Å². The Labute approximate surface area is 118 Å². The number of ether oxygens (including phenoxy) is 2. The molecule has 2 unspecified atom stereocenters. The van der Waals surface area contributed by atoms with Crippen molar-refractivity contribution in [3.05, 3.63) is 52.2 Å². The van der Waals surface area contributed by atoms with E-state index in [1.54, 1.807) is 18.4 Å². The molecule has 4 heteroatoms. The van der Waals surface area contributed by atoms with Crippen LogP contribution in [-0.2, 0) is 11.3 Å². The molecule has 0 saturated carbocycles. The van der Waals surface area contributed by atoms with Crippen LogP contribution in [0, 0.1) is 0 Å². The van der Waals surface area contributed by atoms with E-state index in [1.807, 2.05) is 42.6 Å². The summed E-state index contributed by atoms with van der Waals surface area (Å²) in [6.45, 7) is 2.54. The maximum atomic E-state index is 6.04. The van der Waals surface area contributed by atoms with Crippen molar-refractivity contribution in [2.24, 2.45) is 5.73 Å². The largest absolute Gasteiger partial charge is 0.497 e. The molecule has 0 aliphatic heterocycles. The van der Waals surface area contributed by atoms with Gasteiger partial charge in [-0.1, -0.05) is 18.2 Å². The minimum Gasteiger partial charge on any atom is -0.497 e. The second-order valence-electron chi connectivity index (χ2n) is 4.45. The second kappa shape index (κ2) is 6.70. The van der Waals surface area contributed by atoms with Crippen LogP contribution in [-0.4, -0.2) is 13.2 Å². The van der Waals surface area contributed by atoms with Gasteiger partial charge in [0.05, 0.1) is 19.8 Å². The van der Waals surface area contributed by atoms with Gasteiger partial charge in [-0.3, -0.25) is 0 Å². The van der Waals surface area contributed by atoms with Crippen LogP contribution in [0.1, 0.15) is 23.5 Å². The first-order chi connectivity index (χ1) is 9.20. The van der Waals surface area contributed by atoms with Crippen LogP contribution in [0.5, 0.6) is 5.75 Å². The Hall–Kier alpha value is -1.36. The molecule has 102 valence electrons. The maximum Gasteiger partial charge on any atom is 0.119 e. The van der Waals surface area contributed by atoms with E-state index in [2.05, 4.69) is 6.07 Å². The fourth-order valence-corrected chi connectivity index (χ4v) is 2.56. The van der Waals surface area contributed by atoms with Gasteiger partial charge in [0.2, 0.25) is 0 Å². The molecule has 2 aromatic rings. The van der Waals surface area contributed by atoms with Gasteiger partial charge in [0.25, 0.3) is 0 Å². The Morgan fingerprint density at radius 2 is 2.11 bits per heavy atom. The Kier molecular flexibility index (Phi) is 4.96. The normalized spacial score (nSPS) is 14.1. The van der Waals surface area contributed by atoms with Gasteiger partial charge >= 0.3 is 0 Å². The molecule has 0 aliphatic rings. The predicted molar refractivity (Wildman–Crippen MR) is 78.5 cm³/mol. The van der Waals surface area contributed by atoms with Gasteiger partial charge in [-0.15, -0.1) is 11.3 Å². The van der Waals surface area contributed by atoms with E-state index in [9.17, 15) is 0 Å². The van der Waals surface area contributed by atoms with Crippen molar-refractivity contribution >= 4 is 11.3 Å². The third-order valence-electron chi connectivity index (χ3n) is 2.89. The van der Waals surface area contributed by atoms with Gasteiger partial charge in [0.15, 0.2) is 0 Å². The molecular weight excluding hydrogens is 258 g/mol. The molecule has 2 atom stereocenters. The quantitative estimate of drug-likeness (QED) is 0.880. The second-order valence-corrected chi connectivity index (χ2v) is 5.48. The number of nitrogens with two attached hydrogens (primary N) is 1. The molecule has 1 aromatic carbocycles. The van der Waals surface area contributed by atoms with Crippen LogP contribution in [0.4, 0.5) is 0 Å². The van der Waals surface area contributed by atoms with Crippen molar-refractivity contribution < 1.29 is 9.47 Å². The molecular formula is C15H19NO2S. The summed E-state index contributed by atoms with van der Waals surface area (Å²) in [4.78, 5) is 1.20. The van der Waals surface area contributed by atoms with E-state index in [-0.39, 0.29) is 12.1 Å². The average Bonchev–Trinajstić information content (AvgIpc) is 2.92. The Balaban J connectivity index is 2.10. The van der Waals surface area contributed by atoms with Crippen molar-refractivity contribution in [2.75, 3.05) is 7.11 Å². The minimum atomic E-state index is -0.128. The van der Waals surface area contributed by atoms with Gasteiger partial charge in [-0.05, 0) is 36.1 Å².